The first-order chi connectivity index (χ1) is 11.2. The van der Waals surface area contributed by atoms with Crippen LogP contribution in [0.15, 0.2) is 48.5 Å². The van der Waals surface area contributed by atoms with Gasteiger partial charge in [-0.05, 0) is 42.7 Å². The molecule has 1 aliphatic heterocycles. The first-order valence-electron chi connectivity index (χ1n) is 7.82. The lowest BCUT2D eigenvalue weighted by molar-refractivity contribution is 0.0732. The fourth-order valence-corrected chi connectivity index (χ4v) is 3.16. The molecule has 1 heterocycles. The molecule has 1 aliphatic rings. The predicted molar refractivity (Wildman–Crippen MR) is 89.0 cm³/mol. The number of carbonyl (C=O) groups is 1. The number of amides is 1. The summed E-state index contributed by atoms with van der Waals surface area (Å²) in [5, 5.41) is 0. The van der Waals surface area contributed by atoms with Gasteiger partial charge in [-0.1, -0.05) is 24.3 Å². The maximum absolute atomic E-state index is 13.0. The summed E-state index contributed by atoms with van der Waals surface area (Å²) < 4.78 is 10.5. The number of benzene rings is 2. The fourth-order valence-electron chi connectivity index (χ4n) is 3.16. The Kier molecular flexibility index (Phi) is 4.51. The molecule has 0 N–H and O–H groups in total. The van der Waals surface area contributed by atoms with Crippen LogP contribution in [-0.2, 0) is 0 Å². The van der Waals surface area contributed by atoms with E-state index in [0.29, 0.717) is 11.3 Å². The predicted octanol–water partition coefficient (Wildman–Crippen LogP) is 3.68. The highest BCUT2D eigenvalue weighted by Crippen LogP contribution is 2.35. The molecule has 0 radical (unpaired) electrons. The van der Waals surface area contributed by atoms with E-state index in [9.17, 15) is 4.79 Å². The van der Waals surface area contributed by atoms with Gasteiger partial charge < -0.3 is 14.4 Å². The maximum atomic E-state index is 13.0. The van der Waals surface area contributed by atoms with Crippen molar-refractivity contribution in [1.82, 2.24) is 4.90 Å². The molecular formula is C19H21NO3. The molecule has 0 saturated carbocycles. The molecule has 0 spiro atoms. The van der Waals surface area contributed by atoms with E-state index in [4.69, 9.17) is 9.47 Å². The lowest BCUT2D eigenvalue weighted by Gasteiger charge is -2.26. The molecule has 3 rings (SSSR count). The zero-order valence-electron chi connectivity index (χ0n) is 13.5. The van der Waals surface area contributed by atoms with Gasteiger partial charge in [-0.2, -0.15) is 0 Å². The van der Waals surface area contributed by atoms with E-state index >= 15 is 0 Å². The summed E-state index contributed by atoms with van der Waals surface area (Å²) in [6.45, 7) is 0.771. The average molecular weight is 311 g/mol. The van der Waals surface area contributed by atoms with E-state index in [2.05, 4.69) is 0 Å². The molecule has 2 aromatic carbocycles. The van der Waals surface area contributed by atoms with E-state index in [0.717, 1.165) is 30.7 Å². The highest BCUT2D eigenvalue weighted by Gasteiger charge is 2.31. The van der Waals surface area contributed by atoms with Gasteiger partial charge in [-0.25, -0.2) is 0 Å². The van der Waals surface area contributed by atoms with Crippen LogP contribution in [0.3, 0.4) is 0 Å². The lowest BCUT2D eigenvalue weighted by Crippen LogP contribution is -2.30. The summed E-state index contributed by atoms with van der Waals surface area (Å²) in [5.41, 5.74) is 1.77. The van der Waals surface area contributed by atoms with Gasteiger partial charge in [0.1, 0.15) is 11.5 Å². The Morgan fingerprint density at radius 2 is 1.78 bits per heavy atom. The molecule has 0 bridgehead atoms. The van der Waals surface area contributed by atoms with Gasteiger partial charge in [0.2, 0.25) is 0 Å². The van der Waals surface area contributed by atoms with Crippen LogP contribution in [0, 0.1) is 0 Å². The second-order valence-electron chi connectivity index (χ2n) is 5.63. The number of likely N-dealkylation sites (tertiary alicyclic amines) is 1. The third-order valence-electron chi connectivity index (χ3n) is 4.35. The molecule has 2 aromatic rings. The van der Waals surface area contributed by atoms with Gasteiger partial charge in [0.15, 0.2) is 0 Å². The summed E-state index contributed by atoms with van der Waals surface area (Å²) in [6.07, 6.45) is 1.99. The zero-order valence-corrected chi connectivity index (χ0v) is 13.5. The molecule has 1 saturated heterocycles. The van der Waals surface area contributed by atoms with E-state index in [1.54, 1.807) is 14.2 Å². The molecule has 1 atom stereocenters. The number of rotatable bonds is 4. The molecule has 4 heteroatoms. The molecule has 1 amide bonds. The largest absolute Gasteiger partial charge is 0.497 e. The van der Waals surface area contributed by atoms with Crippen LogP contribution in [0.5, 0.6) is 11.5 Å². The third-order valence-corrected chi connectivity index (χ3v) is 4.35. The van der Waals surface area contributed by atoms with Crippen molar-refractivity contribution in [3.63, 3.8) is 0 Å². The quantitative estimate of drug-likeness (QED) is 0.864. The first kappa shape index (κ1) is 15.4. The van der Waals surface area contributed by atoms with Crippen molar-refractivity contribution in [2.45, 2.75) is 18.9 Å². The average Bonchev–Trinajstić information content (AvgIpc) is 3.10. The van der Waals surface area contributed by atoms with Gasteiger partial charge in [0.05, 0.1) is 25.8 Å². The molecule has 23 heavy (non-hydrogen) atoms. The van der Waals surface area contributed by atoms with Crippen LogP contribution >= 0.6 is 0 Å². The van der Waals surface area contributed by atoms with Crippen molar-refractivity contribution in [2.75, 3.05) is 20.8 Å². The summed E-state index contributed by atoms with van der Waals surface area (Å²) in [6, 6.07) is 15.5. The summed E-state index contributed by atoms with van der Waals surface area (Å²) in [4.78, 5) is 14.9. The number of hydrogen-bond donors (Lipinski definition) is 0. The first-order valence-corrected chi connectivity index (χ1v) is 7.82. The number of hydrogen-bond acceptors (Lipinski definition) is 3. The highest BCUT2D eigenvalue weighted by molar-refractivity contribution is 5.97. The highest BCUT2D eigenvalue weighted by atomic mass is 16.5. The number of para-hydroxylation sites is 1. The van der Waals surface area contributed by atoms with E-state index in [1.165, 1.54) is 0 Å². The normalized spacial score (nSPS) is 17.1. The SMILES string of the molecule is COc1ccc([C@@H]2CCCN2C(=O)c2ccccc2OC)cc1. The van der Waals surface area contributed by atoms with Crippen LogP contribution in [0.1, 0.15) is 34.8 Å². The minimum Gasteiger partial charge on any atom is -0.497 e. The number of ether oxygens (including phenoxy) is 2. The van der Waals surface area contributed by atoms with Crippen LogP contribution in [0.4, 0.5) is 0 Å². The van der Waals surface area contributed by atoms with Crippen molar-refractivity contribution in [1.29, 1.82) is 0 Å². The topological polar surface area (TPSA) is 38.8 Å². The molecular weight excluding hydrogens is 290 g/mol. The number of methoxy groups -OCH3 is 2. The van der Waals surface area contributed by atoms with Gasteiger partial charge in [-0.3, -0.25) is 4.79 Å². The van der Waals surface area contributed by atoms with Gasteiger partial charge in [0, 0.05) is 6.54 Å². The summed E-state index contributed by atoms with van der Waals surface area (Å²) in [5.74, 6) is 1.48. The third kappa shape index (κ3) is 3.02. The standard InChI is InChI=1S/C19H21NO3/c1-22-15-11-9-14(10-12-15)17-7-5-13-20(17)19(21)16-6-3-4-8-18(16)23-2/h3-4,6,8-12,17H,5,7,13H2,1-2H3/t17-/m0/s1. The Balaban J connectivity index is 1.87. The molecule has 0 aliphatic carbocycles. The summed E-state index contributed by atoms with van der Waals surface area (Å²) >= 11 is 0. The van der Waals surface area contributed by atoms with Crippen LogP contribution in [0.2, 0.25) is 0 Å². The number of nitrogens with zero attached hydrogens (tertiary/aromatic N) is 1. The van der Waals surface area contributed by atoms with Gasteiger partial charge in [0.25, 0.3) is 5.91 Å². The second-order valence-corrected chi connectivity index (χ2v) is 5.63. The van der Waals surface area contributed by atoms with Gasteiger partial charge >= 0.3 is 0 Å². The van der Waals surface area contributed by atoms with Crippen molar-refractivity contribution in [3.8, 4) is 11.5 Å². The van der Waals surface area contributed by atoms with Crippen molar-refractivity contribution in [3.05, 3.63) is 59.7 Å². The van der Waals surface area contributed by atoms with Crippen LogP contribution < -0.4 is 9.47 Å². The minimum absolute atomic E-state index is 0.0285. The maximum Gasteiger partial charge on any atom is 0.258 e. The Labute approximate surface area is 136 Å². The summed E-state index contributed by atoms with van der Waals surface area (Å²) in [7, 11) is 3.25. The van der Waals surface area contributed by atoms with E-state index in [1.807, 2.05) is 53.4 Å². The van der Waals surface area contributed by atoms with Crippen molar-refractivity contribution >= 4 is 5.91 Å². The Bertz CT molecular complexity index is 681. The second kappa shape index (κ2) is 6.73. The van der Waals surface area contributed by atoms with E-state index in [-0.39, 0.29) is 11.9 Å². The Morgan fingerprint density at radius 1 is 1.04 bits per heavy atom. The smallest absolute Gasteiger partial charge is 0.258 e. The monoisotopic (exact) mass is 311 g/mol. The fraction of sp³-hybridized carbons (Fsp3) is 0.316. The van der Waals surface area contributed by atoms with Crippen LogP contribution in [0.25, 0.3) is 0 Å². The molecule has 0 unspecified atom stereocenters. The van der Waals surface area contributed by atoms with E-state index < -0.39 is 0 Å². The number of carbonyl (C=O) groups excluding carboxylic acids is 1. The zero-order chi connectivity index (χ0) is 16.2. The van der Waals surface area contributed by atoms with Crippen molar-refractivity contribution in [2.24, 2.45) is 0 Å². The Hall–Kier alpha value is -2.49. The Morgan fingerprint density at radius 3 is 2.48 bits per heavy atom. The van der Waals surface area contributed by atoms with Crippen molar-refractivity contribution < 1.29 is 14.3 Å². The molecule has 0 aromatic heterocycles. The molecule has 120 valence electrons. The molecule has 1 fully saturated rings. The molecule has 4 nitrogen and oxygen atoms in total. The lowest BCUT2D eigenvalue weighted by atomic mass is 10.0. The minimum atomic E-state index is 0.0285. The van der Waals surface area contributed by atoms with Crippen LogP contribution in [-0.4, -0.2) is 31.6 Å². The van der Waals surface area contributed by atoms with Gasteiger partial charge in [-0.15, -0.1) is 0 Å².